The molecule has 0 bridgehead atoms. The third-order valence-corrected chi connectivity index (χ3v) is 3.89. The van der Waals surface area contributed by atoms with Gasteiger partial charge in [-0.2, -0.15) is 0 Å². The maximum Gasteiger partial charge on any atom is 0.327 e. The van der Waals surface area contributed by atoms with Gasteiger partial charge in [-0.15, -0.1) is 0 Å². The van der Waals surface area contributed by atoms with Crippen molar-refractivity contribution in [2.24, 2.45) is 0 Å². The smallest absolute Gasteiger partial charge is 0.327 e. The maximum atomic E-state index is 12.1. The zero-order valence-corrected chi connectivity index (χ0v) is 14.8. The number of hydrogen-bond acceptors (Lipinski definition) is 5. The molecule has 25 heavy (non-hydrogen) atoms. The van der Waals surface area contributed by atoms with Crippen LogP contribution in [0.5, 0.6) is 0 Å². The van der Waals surface area contributed by atoms with E-state index in [4.69, 9.17) is 16.3 Å². The Kier molecular flexibility index (Phi) is 5.63. The minimum atomic E-state index is -1.10. The molecule has 1 aliphatic rings. The lowest BCUT2D eigenvalue weighted by Gasteiger charge is -2.17. The molecule has 1 aromatic rings. The summed E-state index contributed by atoms with van der Waals surface area (Å²) in [6.07, 6.45) is -1.10. The lowest BCUT2D eigenvalue weighted by molar-refractivity contribution is -0.154. The number of urea groups is 1. The number of imide groups is 1. The van der Waals surface area contributed by atoms with Crippen LogP contribution in [0.15, 0.2) is 18.2 Å². The van der Waals surface area contributed by atoms with Gasteiger partial charge in [-0.3, -0.25) is 19.3 Å². The molecule has 1 aliphatic heterocycles. The number of esters is 1. The number of carbonyl (C=O) groups excluding carboxylic acids is 4. The van der Waals surface area contributed by atoms with Crippen molar-refractivity contribution in [2.45, 2.75) is 20.0 Å². The molecule has 134 valence electrons. The van der Waals surface area contributed by atoms with Gasteiger partial charge in [0, 0.05) is 17.8 Å². The summed E-state index contributed by atoms with van der Waals surface area (Å²) < 4.78 is 5.00. The number of halogens is 1. The molecule has 1 heterocycles. The van der Waals surface area contributed by atoms with Crippen LogP contribution in [0.2, 0.25) is 5.02 Å². The molecule has 1 aromatic carbocycles. The Bertz CT molecular complexity index is 736. The van der Waals surface area contributed by atoms with E-state index in [0.29, 0.717) is 10.7 Å². The summed E-state index contributed by atoms with van der Waals surface area (Å²) in [5.41, 5.74) is 1.31. The van der Waals surface area contributed by atoms with Gasteiger partial charge in [-0.05, 0) is 31.5 Å². The molecule has 1 fully saturated rings. The van der Waals surface area contributed by atoms with Crippen LogP contribution < -0.4 is 5.32 Å². The molecule has 9 heteroatoms. The molecular weight excluding hydrogens is 350 g/mol. The average Bonchev–Trinajstić information content (AvgIpc) is 2.77. The van der Waals surface area contributed by atoms with E-state index in [1.54, 1.807) is 25.1 Å². The highest BCUT2D eigenvalue weighted by Gasteiger charge is 2.35. The number of aryl methyl sites for hydroxylation is 1. The predicted molar refractivity (Wildman–Crippen MR) is 90.1 cm³/mol. The Balaban J connectivity index is 1.92. The summed E-state index contributed by atoms with van der Waals surface area (Å²) in [6.45, 7) is 2.57. The number of benzene rings is 1. The van der Waals surface area contributed by atoms with Gasteiger partial charge < -0.3 is 15.0 Å². The van der Waals surface area contributed by atoms with E-state index in [-0.39, 0.29) is 6.54 Å². The Morgan fingerprint density at radius 3 is 2.64 bits per heavy atom. The molecule has 8 nitrogen and oxygen atoms in total. The number of ether oxygens (including phenoxy) is 1. The zero-order valence-electron chi connectivity index (χ0n) is 14.0. The molecule has 1 atom stereocenters. The molecular formula is C16H18ClN3O5. The van der Waals surface area contributed by atoms with Crippen LogP contribution in [0.4, 0.5) is 10.5 Å². The molecule has 0 radical (unpaired) electrons. The van der Waals surface area contributed by atoms with Crippen LogP contribution in [-0.4, -0.2) is 59.9 Å². The first-order valence-corrected chi connectivity index (χ1v) is 7.88. The fraction of sp³-hybridized carbons (Fsp3) is 0.375. The van der Waals surface area contributed by atoms with Gasteiger partial charge in [0.1, 0.15) is 13.1 Å². The summed E-state index contributed by atoms with van der Waals surface area (Å²) >= 11 is 5.89. The van der Waals surface area contributed by atoms with Crippen molar-refractivity contribution < 1.29 is 23.9 Å². The Morgan fingerprint density at radius 2 is 2.04 bits per heavy atom. The van der Waals surface area contributed by atoms with Crippen LogP contribution in [0, 0.1) is 6.92 Å². The Hall–Kier alpha value is -2.61. The molecule has 0 aliphatic carbocycles. The fourth-order valence-electron chi connectivity index (χ4n) is 2.20. The van der Waals surface area contributed by atoms with Gasteiger partial charge in [0.25, 0.3) is 11.8 Å². The summed E-state index contributed by atoms with van der Waals surface area (Å²) in [4.78, 5) is 49.4. The van der Waals surface area contributed by atoms with Crippen molar-refractivity contribution >= 4 is 41.1 Å². The van der Waals surface area contributed by atoms with E-state index in [2.05, 4.69) is 5.32 Å². The summed E-state index contributed by atoms with van der Waals surface area (Å²) in [5, 5.41) is 3.08. The first-order chi connectivity index (χ1) is 11.7. The van der Waals surface area contributed by atoms with E-state index in [1.807, 2.05) is 0 Å². The normalized spacial score (nSPS) is 15.4. The number of carbonyl (C=O) groups is 4. The van der Waals surface area contributed by atoms with Crippen LogP contribution in [0.25, 0.3) is 0 Å². The van der Waals surface area contributed by atoms with E-state index in [0.717, 1.165) is 10.5 Å². The largest absolute Gasteiger partial charge is 0.451 e. The Labute approximate surface area is 149 Å². The molecule has 0 spiro atoms. The van der Waals surface area contributed by atoms with Gasteiger partial charge in [-0.25, -0.2) is 4.79 Å². The first-order valence-electron chi connectivity index (χ1n) is 7.51. The van der Waals surface area contributed by atoms with Crippen LogP contribution in [0.1, 0.15) is 12.5 Å². The topological polar surface area (TPSA) is 96.0 Å². The van der Waals surface area contributed by atoms with Crippen molar-refractivity contribution in [2.75, 3.05) is 25.5 Å². The number of nitrogens with one attached hydrogen (secondary N) is 1. The second-order valence-electron chi connectivity index (χ2n) is 5.70. The number of anilines is 1. The standard InChI is InChI=1S/C16H18ClN3O5/c1-9-4-5-11(17)6-12(9)18-15(23)10(2)25-14(22)8-20-13(21)7-19(3)16(20)24/h4-6,10H,7-8H2,1-3H3,(H,18,23)/t10-/m1/s1. The third-order valence-electron chi connectivity index (χ3n) is 3.65. The Morgan fingerprint density at radius 1 is 1.36 bits per heavy atom. The van der Waals surface area contributed by atoms with E-state index < -0.39 is 36.5 Å². The second kappa shape index (κ2) is 7.52. The lowest BCUT2D eigenvalue weighted by Crippen LogP contribution is -2.39. The van der Waals surface area contributed by atoms with E-state index in [9.17, 15) is 19.2 Å². The summed E-state index contributed by atoms with van der Waals surface area (Å²) in [5.74, 6) is -1.88. The van der Waals surface area contributed by atoms with Crippen molar-refractivity contribution in [1.82, 2.24) is 9.80 Å². The van der Waals surface area contributed by atoms with Gasteiger partial charge in [-0.1, -0.05) is 17.7 Å². The molecule has 1 N–H and O–H groups in total. The number of hydrogen-bond donors (Lipinski definition) is 1. The molecule has 4 amide bonds. The maximum absolute atomic E-state index is 12.1. The number of rotatable bonds is 5. The highest BCUT2D eigenvalue weighted by molar-refractivity contribution is 6.31. The minimum Gasteiger partial charge on any atom is -0.451 e. The van der Waals surface area contributed by atoms with Crippen molar-refractivity contribution in [3.63, 3.8) is 0 Å². The molecule has 0 saturated carbocycles. The van der Waals surface area contributed by atoms with Crippen molar-refractivity contribution in [3.05, 3.63) is 28.8 Å². The number of amides is 4. The fourth-order valence-corrected chi connectivity index (χ4v) is 2.38. The third kappa shape index (κ3) is 4.48. The van der Waals surface area contributed by atoms with E-state index >= 15 is 0 Å². The second-order valence-corrected chi connectivity index (χ2v) is 6.14. The predicted octanol–water partition coefficient (Wildman–Crippen LogP) is 1.41. The van der Waals surface area contributed by atoms with Gasteiger partial charge in [0.15, 0.2) is 6.10 Å². The monoisotopic (exact) mass is 367 g/mol. The van der Waals surface area contributed by atoms with E-state index in [1.165, 1.54) is 18.9 Å². The average molecular weight is 368 g/mol. The lowest BCUT2D eigenvalue weighted by atomic mass is 10.2. The minimum absolute atomic E-state index is 0.0871. The van der Waals surface area contributed by atoms with Gasteiger partial charge >= 0.3 is 12.0 Å². The SMILES string of the molecule is Cc1ccc(Cl)cc1NC(=O)[C@@H](C)OC(=O)CN1C(=O)CN(C)C1=O. The highest BCUT2D eigenvalue weighted by atomic mass is 35.5. The number of nitrogens with zero attached hydrogens (tertiary/aromatic N) is 2. The molecule has 0 unspecified atom stereocenters. The van der Waals surface area contributed by atoms with Crippen LogP contribution >= 0.6 is 11.6 Å². The molecule has 0 aromatic heterocycles. The van der Waals surface area contributed by atoms with Crippen molar-refractivity contribution in [1.29, 1.82) is 0 Å². The van der Waals surface area contributed by atoms with Crippen LogP contribution in [0.3, 0.4) is 0 Å². The van der Waals surface area contributed by atoms with Gasteiger partial charge in [0.2, 0.25) is 0 Å². The summed E-state index contributed by atoms with van der Waals surface area (Å²) in [7, 11) is 1.45. The molecule has 1 saturated heterocycles. The summed E-state index contributed by atoms with van der Waals surface area (Å²) in [6, 6.07) is 4.45. The highest BCUT2D eigenvalue weighted by Crippen LogP contribution is 2.20. The number of likely N-dealkylation sites (N-methyl/N-ethyl adjacent to an activating group) is 1. The van der Waals surface area contributed by atoms with Gasteiger partial charge in [0.05, 0.1) is 0 Å². The van der Waals surface area contributed by atoms with Crippen molar-refractivity contribution in [3.8, 4) is 0 Å². The van der Waals surface area contributed by atoms with Crippen LogP contribution in [-0.2, 0) is 19.1 Å². The molecule has 2 rings (SSSR count). The first kappa shape index (κ1) is 18.7. The zero-order chi connectivity index (χ0) is 18.7. The quantitative estimate of drug-likeness (QED) is 0.627.